The van der Waals surface area contributed by atoms with Crippen molar-refractivity contribution in [1.82, 2.24) is 10.2 Å². The Morgan fingerprint density at radius 2 is 2.17 bits per heavy atom. The zero-order valence-electron chi connectivity index (χ0n) is 8.55. The van der Waals surface area contributed by atoms with Crippen molar-refractivity contribution in [2.45, 2.75) is 25.5 Å². The van der Waals surface area contributed by atoms with E-state index in [0.29, 0.717) is 6.10 Å². The normalized spacial score (nSPS) is 27.5. The highest BCUT2D eigenvalue weighted by molar-refractivity contribution is 4.89. The quantitative estimate of drug-likeness (QED) is 0.649. The molecule has 0 amide bonds. The minimum Gasteiger partial charge on any atom is -0.374 e. The Bertz CT molecular complexity index is 147. The summed E-state index contributed by atoms with van der Waals surface area (Å²) in [5, 5.41) is 3.28. The second kappa shape index (κ2) is 3.73. The van der Waals surface area contributed by atoms with E-state index in [9.17, 15) is 0 Å². The van der Waals surface area contributed by atoms with Crippen LogP contribution in [0.25, 0.3) is 0 Å². The summed E-state index contributed by atoms with van der Waals surface area (Å²) in [5.41, 5.74) is 0.0781. The Morgan fingerprint density at radius 3 is 2.67 bits per heavy atom. The lowest BCUT2D eigenvalue weighted by atomic mass is 9.96. The van der Waals surface area contributed by atoms with Crippen LogP contribution in [-0.4, -0.2) is 50.3 Å². The molecule has 1 aliphatic rings. The Kier molecular flexibility index (Phi) is 3.09. The largest absolute Gasteiger partial charge is 0.374 e. The third kappa shape index (κ3) is 2.19. The average Bonchev–Trinajstić information content (AvgIpc) is 2.05. The first-order valence-electron chi connectivity index (χ1n) is 4.55. The van der Waals surface area contributed by atoms with Crippen LogP contribution in [0.1, 0.15) is 13.8 Å². The molecule has 1 saturated heterocycles. The van der Waals surface area contributed by atoms with Crippen LogP contribution < -0.4 is 5.32 Å². The molecular weight excluding hydrogens is 152 g/mol. The minimum absolute atomic E-state index is 0.0781. The number of ether oxygens (including phenoxy) is 1. The molecule has 0 radical (unpaired) electrons. The monoisotopic (exact) mass is 172 g/mol. The van der Waals surface area contributed by atoms with Crippen LogP contribution >= 0.6 is 0 Å². The summed E-state index contributed by atoms with van der Waals surface area (Å²) >= 11 is 0. The van der Waals surface area contributed by atoms with Gasteiger partial charge in [0.25, 0.3) is 0 Å². The molecule has 0 bridgehead atoms. The molecule has 1 atom stereocenters. The van der Waals surface area contributed by atoms with Gasteiger partial charge in [-0.1, -0.05) is 0 Å². The molecule has 1 heterocycles. The Morgan fingerprint density at radius 1 is 1.50 bits per heavy atom. The van der Waals surface area contributed by atoms with Gasteiger partial charge >= 0.3 is 0 Å². The van der Waals surface area contributed by atoms with Gasteiger partial charge in [0, 0.05) is 18.6 Å². The van der Waals surface area contributed by atoms with Gasteiger partial charge in [0.2, 0.25) is 0 Å². The minimum atomic E-state index is 0.0781. The Balaban J connectivity index is 2.50. The fourth-order valence-corrected chi connectivity index (χ4v) is 1.38. The zero-order chi connectivity index (χ0) is 9.19. The molecule has 0 unspecified atom stereocenters. The number of likely N-dealkylation sites (N-methyl/N-ethyl adjacent to an activating group) is 2. The van der Waals surface area contributed by atoms with Crippen molar-refractivity contribution >= 4 is 0 Å². The molecule has 72 valence electrons. The second-order valence-electron chi connectivity index (χ2n) is 4.09. The van der Waals surface area contributed by atoms with E-state index in [1.54, 1.807) is 0 Å². The summed E-state index contributed by atoms with van der Waals surface area (Å²) in [6, 6.07) is 0. The smallest absolute Gasteiger partial charge is 0.0878 e. The second-order valence-corrected chi connectivity index (χ2v) is 4.09. The van der Waals surface area contributed by atoms with Crippen molar-refractivity contribution in [3.63, 3.8) is 0 Å². The standard InChI is InChI=1S/C9H20N2O/c1-9(2,10-3)8-7-11(4)5-6-12-8/h8,10H,5-7H2,1-4H3/t8-/m0/s1. The highest BCUT2D eigenvalue weighted by Gasteiger charge is 2.31. The van der Waals surface area contributed by atoms with Gasteiger partial charge < -0.3 is 15.0 Å². The number of nitrogens with one attached hydrogen (secondary N) is 1. The van der Waals surface area contributed by atoms with Gasteiger partial charge in [0.05, 0.1) is 12.7 Å². The lowest BCUT2D eigenvalue weighted by Crippen LogP contribution is -2.56. The fourth-order valence-electron chi connectivity index (χ4n) is 1.38. The van der Waals surface area contributed by atoms with Gasteiger partial charge in [-0.3, -0.25) is 0 Å². The van der Waals surface area contributed by atoms with Crippen LogP contribution in [0, 0.1) is 0 Å². The van der Waals surface area contributed by atoms with Crippen LogP contribution in [0.5, 0.6) is 0 Å². The number of rotatable bonds is 2. The van der Waals surface area contributed by atoms with Gasteiger partial charge in [-0.2, -0.15) is 0 Å². The summed E-state index contributed by atoms with van der Waals surface area (Å²) in [6.45, 7) is 7.28. The van der Waals surface area contributed by atoms with E-state index in [2.05, 4.69) is 31.1 Å². The summed E-state index contributed by atoms with van der Waals surface area (Å²) in [7, 11) is 4.12. The van der Waals surface area contributed by atoms with Crippen LogP contribution in [0.15, 0.2) is 0 Å². The number of hydrogen-bond acceptors (Lipinski definition) is 3. The van der Waals surface area contributed by atoms with Crippen molar-refractivity contribution in [2.24, 2.45) is 0 Å². The van der Waals surface area contributed by atoms with Gasteiger partial charge in [-0.15, -0.1) is 0 Å². The van der Waals surface area contributed by atoms with E-state index in [0.717, 1.165) is 19.7 Å². The Hall–Kier alpha value is -0.120. The molecule has 3 heteroatoms. The number of hydrogen-bond donors (Lipinski definition) is 1. The van der Waals surface area contributed by atoms with E-state index >= 15 is 0 Å². The van der Waals surface area contributed by atoms with Crippen molar-refractivity contribution in [3.05, 3.63) is 0 Å². The van der Waals surface area contributed by atoms with Gasteiger partial charge in [-0.25, -0.2) is 0 Å². The molecule has 0 spiro atoms. The first-order valence-corrected chi connectivity index (χ1v) is 4.55. The third-order valence-electron chi connectivity index (χ3n) is 2.72. The van der Waals surface area contributed by atoms with E-state index < -0.39 is 0 Å². The molecule has 0 aliphatic carbocycles. The van der Waals surface area contributed by atoms with Gasteiger partial charge in [0.15, 0.2) is 0 Å². The zero-order valence-corrected chi connectivity index (χ0v) is 8.55. The molecule has 0 aromatic rings. The molecule has 1 N–H and O–H groups in total. The summed E-state index contributed by atoms with van der Waals surface area (Å²) < 4.78 is 5.70. The van der Waals surface area contributed by atoms with Crippen LogP contribution in [-0.2, 0) is 4.74 Å². The molecule has 1 aliphatic heterocycles. The maximum atomic E-state index is 5.70. The van der Waals surface area contributed by atoms with E-state index in [1.807, 2.05) is 7.05 Å². The number of nitrogens with zero attached hydrogens (tertiary/aromatic N) is 1. The van der Waals surface area contributed by atoms with Crippen LogP contribution in [0.2, 0.25) is 0 Å². The average molecular weight is 172 g/mol. The lowest BCUT2D eigenvalue weighted by molar-refractivity contribution is -0.0589. The summed E-state index contributed by atoms with van der Waals surface area (Å²) in [5.74, 6) is 0. The maximum Gasteiger partial charge on any atom is 0.0878 e. The van der Waals surface area contributed by atoms with Crippen molar-refractivity contribution in [3.8, 4) is 0 Å². The first-order chi connectivity index (χ1) is 5.56. The highest BCUT2D eigenvalue weighted by Crippen LogP contribution is 2.16. The molecule has 1 rings (SSSR count). The van der Waals surface area contributed by atoms with Crippen LogP contribution in [0.3, 0.4) is 0 Å². The molecule has 0 aromatic carbocycles. The summed E-state index contributed by atoms with van der Waals surface area (Å²) in [6.07, 6.45) is 0.307. The van der Waals surface area contributed by atoms with Crippen molar-refractivity contribution in [1.29, 1.82) is 0 Å². The van der Waals surface area contributed by atoms with E-state index in [1.165, 1.54) is 0 Å². The first kappa shape index (κ1) is 9.96. The molecule has 3 nitrogen and oxygen atoms in total. The molecule has 0 saturated carbocycles. The van der Waals surface area contributed by atoms with E-state index in [-0.39, 0.29) is 5.54 Å². The van der Waals surface area contributed by atoms with Crippen LogP contribution in [0.4, 0.5) is 0 Å². The van der Waals surface area contributed by atoms with Gasteiger partial charge in [-0.05, 0) is 27.9 Å². The third-order valence-corrected chi connectivity index (χ3v) is 2.72. The van der Waals surface area contributed by atoms with E-state index in [4.69, 9.17) is 4.74 Å². The van der Waals surface area contributed by atoms with Crippen molar-refractivity contribution in [2.75, 3.05) is 33.8 Å². The topological polar surface area (TPSA) is 24.5 Å². The highest BCUT2D eigenvalue weighted by atomic mass is 16.5. The molecule has 0 aromatic heterocycles. The van der Waals surface area contributed by atoms with Crippen molar-refractivity contribution < 1.29 is 4.74 Å². The predicted molar refractivity (Wildman–Crippen MR) is 50.4 cm³/mol. The summed E-state index contributed by atoms with van der Waals surface area (Å²) in [4.78, 5) is 2.31. The molecular formula is C9H20N2O. The predicted octanol–water partition coefficient (Wildman–Crippen LogP) is 0.315. The lowest BCUT2D eigenvalue weighted by Gasteiger charge is -2.39. The molecule has 1 fully saturated rings. The van der Waals surface area contributed by atoms with Gasteiger partial charge in [0.1, 0.15) is 0 Å². The molecule has 12 heavy (non-hydrogen) atoms. The SMILES string of the molecule is CNC(C)(C)[C@@H]1CN(C)CCO1. The fraction of sp³-hybridized carbons (Fsp3) is 1.00. The number of morpholine rings is 1. The maximum absolute atomic E-state index is 5.70. The Labute approximate surface area is 75.1 Å².